The highest BCUT2D eigenvalue weighted by molar-refractivity contribution is 7.91. The molecule has 0 radical (unpaired) electrons. The maximum Gasteiger partial charge on any atom is 0.250 e. The highest BCUT2D eigenvalue weighted by atomic mass is 32.2. The third kappa shape index (κ3) is 4.10. The Kier molecular flexibility index (Phi) is 4.41. The van der Waals surface area contributed by atoms with Gasteiger partial charge in [0.05, 0.1) is 5.01 Å². The number of nitrogens with zero attached hydrogens (tertiary/aromatic N) is 1. The first kappa shape index (κ1) is 15.1. The van der Waals surface area contributed by atoms with Crippen molar-refractivity contribution < 1.29 is 8.42 Å². The van der Waals surface area contributed by atoms with Crippen molar-refractivity contribution >= 4 is 32.7 Å². The van der Waals surface area contributed by atoms with E-state index in [1.807, 2.05) is 13.0 Å². The first-order valence-corrected chi connectivity index (χ1v) is 9.87. The third-order valence-electron chi connectivity index (χ3n) is 3.15. The summed E-state index contributed by atoms with van der Waals surface area (Å²) in [6, 6.07) is 4.18. The summed E-state index contributed by atoms with van der Waals surface area (Å²) in [4.78, 5) is 6.09. The van der Waals surface area contributed by atoms with Gasteiger partial charge in [-0.1, -0.05) is 0 Å². The van der Waals surface area contributed by atoms with Crippen LogP contribution in [0, 0.1) is 6.92 Å². The smallest absolute Gasteiger partial charge is 0.250 e. The van der Waals surface area contributed by atoms with E-state index in [0.29, 0.717) is 16.8 Å². The number of rotatable bonds is 7. The molecule has 1 saturated carbocycles. The van der Waals surface area contributed by atoms with E-state index >= 15 is 0 Å². The molecule has 3 rings (SSSR count). The van der Waals surface area contributed by atoms with Crippen LogP contribution in [0.1, 0.15) is 27.6 Å². The molecular formula is C13H17N3O2S3. The Bertz CT molecular complexity index is 717. The third-order valence-corrected chi connectivity index (χ3v) is 7.04. The number of nitrogens with one attached hydrogen (secondary N) is 2. The van der Waals surface area contributed by atoms with Gasteiger partial charge in [-0.2, -0.15) is 0 Å². The first-order chi connectivity index (χ1) is 10.0. The molecule has 0 aromatic carbocycles. The lowest BCUT2D eigenvalue weighted by molar-refractivity contribution is 0.584. The summed E-state index contributed by atoms with van der Waals surface area (Å²) in [7, 11) is -3.43. The van der Waals surface area contributed by atoms with Crippen LogP contribution in [0.15, 0.2) is 22.5 Å². The minimum Gasteiger partial charge on any atom is -0.309 e. The molecule has 1 fully saturated rings. The Morgan fingerprint density at radius 1 is 1.24 bits per heavy atom. The van der Waals surface area contributed by atoms with Crippen molar-refractivity contribution in [2.24, 2.45) is 0 Å². The summed E-state index contributed by atoms with van der Waals surface area (Å²) < 4.78 is 27.5. The first-order valence-electron chi connectivity index (χ1n) is 6.76. The average molecular weight is 343 g/mol. The molecule has 21 heavy (non-hydrogen) atoms. The van der Waals surface area contributed by atoms with Crippen LogP contribution in [0.25, 0.3) is 0 Å². The second-order valence-electron chi connectivity index (χ2n) is 5.05. The topological polar surface area (TPSA) is 71.1 Å². The van der Waals surface area contributed by atoms with Gasteiger partial charge in [-0.15, -0.1) is 22.7 Å². The van der Waals surface area contributed by atoms with Crippen molar-refractivity contribution in [1.29, 1.82) is 0 Å². The summed E-state index contributed by atoms with van der Waals surface area (Å²) >= 11 is 2.83. The van der Waals surface area contributed by atoms with E-state index in [1.165, 1.54) is 35.5 Å². The molecule has 0 unspecified atom stereocenters. The van der Waals surface area contributed by atoms with Crippen molar-refractivity contribution in [1.82, 2.24) is 15.0 Å². The van der Waals surface area contributed by atoms with Crippen LogP contribution < -0.4 is 10.0 Å². The van der Waals surface area contributed by atoms with E-state index < -0.39 is 10.0 Å². The Morgan fingerprint density at radius 3 is 2.71 bits per heavy atom. The van der Waals surface area contributed by atoms with Crippen molar-refractivity contribution in [3.8, 4) is 0 Å². The number of aromatic nitrogens is 1. The SMILES string of the molecule is Cc1ncc(CNS(=O)(=O)c2ccc(CNC3CC3)s2)s1. The van der Waals surface area contributed by atoms with Crippen molar-refractivity contribution in [3.05, 3.63) is 33.1 Å². The maximum absolute atomic E-state index is 12.2. The van der Waals surface area contributed by atoms with Crippen LogP contribution in [-0.2, 0) is 23.1 Å². The number of thiazole rings is 1. The van der Waals surface area contributed by atoms with E-state index in [0.717, 1.165) is 21.3 Å². The molecule has 0 aliphatic heterocycles. The molecule has 0 atom stereocenters. The fourth-order valence-electron chi connectivity index (χ4n) is 1.85. The number of sulfonamides is 1. The van der Waals surface area contributed by atoms with Crippen molar-refractivity contribution in [2.45, 2.75) is 43.1 Å². The van der Waals surface area contributed by atoms with Gasteiger partial charge in [0.25, 0.3) is 0 Å². The van der Waals surface area contributed by atoms with Crippen LogP contribution >= 0.6 is 22.7 Å². The molecule has 0 spiro atoms. The zero-order chi connectivity index (χ0) is 14.9. The van der Waals surface area contributed by atoms with Gasteiger partial charge in [-0.05, 0) is 31.9 Å². The van der Waals surface area contributed by atoms with E-state index in [9.17, 15) is 8.42 Å². The quantitative estimate of drug-likeness (QED) is 0.809. The fraction of sp³-hybridized carbons (Fsp3) is 0.462. The van der Waals surface area contributed by atoms with Gasteiger partial charge in [0.2, 0.25) is 10.0 Å². The van der Waals surface area contributed by atoms with Gasteiger partial charge in [-0.3, -0.25) is 0 Å². The molecule has 2 aromatic heterocycles. The second-order valence-corrected chi connectivity index (χ2v) is 9.53. The van der Waals surface area contributed by atoms with Crippen LogP contribution in [0.5, 0.6) is 0 Å². The highest BCUT2D eigenvalue weighted by Crippen LogP contribution is 2.24. The van der Waals surface area contributed by atoms with Crippen molar-refractivity contribution in [2.75, 3.05) is 0 Å². The molecule has 1 aliphatic rings. The van der Waals surface area contributed by atoms with E-state index in [2.05, 4.69) is 15.0 Å². The van der Waals surface area contributed by atoms with Crippen LogP contribution in [0.4, 0.5) is 0 Å². The van der Waals surface area contributed by atoms with Crippen molar-refractivity contribution in [3.63, 3.8) is 0 Å². The lowest BCUT2D eigenvalue weighted by Crippen LogP contribution is -2.21. The fourth-order valence-corrected chi connectivity index (χ4v) is 5.04. The second kappa shape index (κ2) is 6.13. The maximum atomic E-state index is 12.2. The molecule has 2 N–H and O–H groups in total. The summed E-state index contributed by atoms with van der Waals surface area (Å²) in [6.45, 7) is 2.95. The zero-order valence-electron chi connectivity index (χ0n) is 11.6. The Morgan fingerprint density at radius 2 is 2.05 bits per heavy atom. The van der Waals surface area contributed by atoms with Gasteiger partial charge in [0.15, 0.2) is 0 Å². The van der Waals surface area contributed by atoms with Gasteiger partial charge >= 0.3 is 0 Å². The Labute approximate surface area is 132 Å². The predicted molar refractivity (Wildman–Crippen MR) is 85.1 cm³/mol. The number of aryl methyl sites for hydroxylation is 1. The summed E-state index contributed by atoms with van der Waals surface area (Å²) in [5.74, 6) is 0. The molecule has 5 nitrogen and oxygen atoms in total. The highest BCUT2D eigenvalue weighted by Gasteiger charge is 2.21. The Balaban J connectivity index is 1.60. The van der Waals surface area contributed by atoms with E-state index in [4.69, 9.17) is 0 Å². The summed E-state index contributed by atoms with van der Waals surface area (Å²) in [5, 5.41) is 4.33. The minimum atomic E-state index is -3.43. The van der Waals surface area contributed by atoms with Gasteiger partial charge in [0.1, 0.15) is 4.21 Å². The molecule has 8 heteroatoms. The summed E-state index contributed by atoms with van der Waals surface area (Å²) in [6.07, 6.45) is 4.17. The number of thiophene rings is 1. The standard InChI is InChI=1S/C13H17N3O2S3/c1-9-14-7-12(19-9)8-16-21(17,18)13-5-4-11(20-13)6-15-10-2-3-10/h4-5,7,10,15-16H,2-3,6,8H2,1H3. The van der Waals surface area contributed by atoms with Gasteiger partial charge < -0.3 is 5.32 Å². The molecule has 0 amide bonds. The number of hydrogen-bond acceptors (Lipinski definition) is 6. The van der Waals surface area contributed by atoms with Gasteiger partial charge in [-0.25, -0.2) is 18.1 Å². The molecule has 2 aromatic rings. The lowest BCUT2D eigenvalue weighted by atomic mass is 10.4. The monoisotopic (exact) mass is 343 g/mol. The molecule has 114 valence electrons. The van der Waals surface area contributed by atoms with Crippen LogP contribution in [-0.4, -0.2) is 19.4 Å². The molecule has 0 saturated heterocycles. The molecule has 0 bridgehead atoms. The largest absolute Gasteiger partial charge is 0.309 e. The molecule has 1 aliphatic carbocycles. The molecular weight excluding hydrogens is 326 g/mol. The summed E-state index contributed by atoms with van der Waals surface area (Å²) in [5.41, 5.74) is 0. The minimum absolute atomic E-state index is 0.293. The normalized spacial score (nSPS) is 15.5. The Hall–Kier alpha value is -0.800. The van der Waals surface area contributed by atoms with Crippen LogP contribution in [0.2, 0.25) is 0 Å². The van der Waals surface area contributed by atoms with E-state index in [1.54, 1.807) is 12.3 Å². The number of hydrogen-bond donors (Lipinski definition) is 2. The molecule has 2 heterocycles. The van der Waals surface area contributed by atoms with Gasteiger partial charge in [0, 0.05) is 35.1 Å². The van der Waals surface area contributed by atoms with E-state index in [-0.39, 0.29) is 0 Å². The average Bonchev–Trinajstić information content (AvgIpc) is 2.97. The lowest BCUT2D eigenvalue weighted by Gasteiger charge is -2.02. The predicted octanol–water partition coefficient (Wildman–Crippen LogP) is 2.24. The van der Waals surface area contributed by atoms with Crippen LogP contribution in [0.3, 0.4) is 0 Å². The zero-order valence-corrected chi connectivity index (χ0v) is 14.1.